The van der Waals surface area contributed by atoms with Crippen LogP contribution in [0.2, 0.25) is 0 Å². The molecule has 0 unspecified atom stereocenters. The van der Waals surface area contributed by atoms with Crippen molar-refractivity contribution in [2.45, 2.75) is 38.5 Å². The number of aryl methyl sites for hydroxylation is 1. The number of carboxylic acids is 1. The topological polar surface area (TPSA) is 49.8 Å². The monoisotopic (exact) mass is 549 g/mol. The number of hydrogen-bond acceptors (Lipinski definition) is 3. The molecule has 4 nitrogen and oxygen atoms in total. The van der Waals surface area contributed by atoms with Crippen LogP contribution in [0.1, 0.15) is 69.4 Å². The van der Waals surface area contributed by atoms with Crippen molar-refractivity contribution in [3.05, 3.63) is 99.6 Å². The molecule has 0 saturated carbocycles. The predicted octanol–water partition coefficient (Wildman–Crippen LogP) is 7.46. The average Bonchev–Trinajstić information content (AvgIpc) is 3.13. The van der Waals surface area contributed by atoms with Crippen LogP contribution in [0.5, 0.6) is 5.75 Å². The van der Waals surface area contributed by atoms with Crippen LogP contribution >= 0.6 is 0 Å². The van der Waals surface area contributed by atoms with Gasteiger partial charge < -0.3 is 14.7 Å². The molecule has 1 fully saturated rings. The van der Waals surface area contributed by atoms with E-state index < -0.39 is 12.4 Å². The lowest BCUT2D eigenvalue weighted by Gasteiger charge is -2.39. The van der Waals surface area contributed by atoms with Crippen molar-refractivity contribution in [3.8, 4) is 5.75 Å². The van der Waals surface area contributed by atoms with E-state index in [1.165, 1.54) is 18.7 Å². The van der Waals surface area contributed by atoms with Gasteiger partial charge in [-0.05, 0) is 101 Å². The number of likely N-dealkylation sites (tertiary alicyclic amines) is 1. The summed E-state index contributed by atoms with van der Waals surface area (Å²) in [5, 5.41) is 9.58. The summed E-state index contributed by atoms with van der Waals surface area (Å²) in [7, 11) is 1.46. The third-order valence-corrected chi connectivity index (χ3v) is 8.02. The van der Waals surface area contributed by atoms with Crippen LogP contribution in [-0.2, 0) is 12.8 Å². The summed E-state index contributed by atoms with van der Waals surface area (Å²) in [6.07, 6.45) is 0.785. The molecule has 210 valence electrons. The van der Waals surface area contributed by atoms with Crippen molar-refractivity contribution in [2.24, 2.45) is 5.92 Å². The smallest absolute Gasteiger partial charge is 0.335 e. The standard InChI is InChI=1S/C33H34F3NO3/c1-40-26-11-13-28(30(18-26)32(35)36)29-5-2-4-24-17-25(33(38)39)10-12-27(24)31(29)23-8-6-21(7-9-23)16-22-19-37(20-22)15-3-14-34/h6-13,17-18,22,32H,2-5,14-16,19-20H2,1H3,(H,38,39). The molecule has 0 spiro atoms. The third kappa shape index (κ3) is 5.94. The second kappa shape index (κ2) is 12.3. The summed E-state index contributed by atoms with van der Waals surface area (Å²) in [4.78, 5) is 14.0. The van der Waals surface area contributed by atoms with Gasteiger partial charge in [-0.3, -0.25) is 4.39 Å². The van der Waals surface area contributed by atoms with E-state index in [0.29, 0.717) is 42.9 Å². The number of nitrogens with zero attached hydrogens (tertiary/aromatic N) is 1. The molecule has 3 aromatic carbocycles. The number of alkyl halides is 3. The minimum Gasteiger partial charge on any atom is -0.497 e. The van der Waals surface area contributed by atoms with Crippen LogP contribution in [0.4, 0.5) is 13.2 Å². The van der Waals surface area contributed by atoms with Gasteiger partial charge in [0.2, 0.25) is 0 Å². The zero-order valence-electron chi connectivity index (χ0n) is 22.6. The molecule has 0 radical (unpaired) electrons. The molecular formula is C33H34F3NO3. The average molecular weight is 550 g/mol. The summed E-state index contributed by atoms with van der Waals surface area (Å²) in [5.74, 6) is -0.0670. The number of methoxy groups -OCH3 is 1. The van der Waals surface area contributed by atoms with Gasteiger partial charge in [0.15, 0.2) is 0 Å². The maximum atomic E-state index is 14.3. The van der Waals surface area contributed by atoms with Crippen molar-refractivity contribution in [1.29, 1.82) is 0 Å². The lowest BCUT2D eigenvalue weighted by molar-refractivity contribution is 0.0696. The number of ether oxygens (including phenoxy) is 1. The normalized spacial score (nSPS) is 16.0. The minimum absolute atomic E-state index is 0.0728. The Morgan fingerprint density at radius 2 is 1.77 bits per heavy atom. The fourth-order valence-corrected chi connectivity index (χ4v) is 6.06. The highest BCUT2D eigenvalue weighted by atomic mass is 19.3. The van der Waals surface area contributed by atoms with Crippen LogP contribution in [-0.4, -0.2) is 49.4 Å². The van der Waals surface area contributed by atoms with E-state index in [0.717, 1.165) is 53.9 Å². The molecule has 0 aromatic heterocycles. The van der Waals surface area contributed by atoms with Gasteiger partial charge in [-0.15, -0.1) is 0 Å². The van der Waals surface area contributed by atoms with Crippen molar-refractivity contribution in [2.75, 3.05) is 33.4 Å². The Balaban J connectivity index is 1.55. The van der Waals surface area contributed by atoms with Crippen LogP contribution in [0.25, 0.3) is 11.1 Å². The maximum Gasteiger partial charge on any atom is 0.335 e. The minimum atomic E-state index is -2.68. The number of aromatic carboxylic acids is 1. The van der Waals surface area contributed by atoms with Crippen LogP contribution in [0.3, 0.4) is 0 Å². The first-order valence-corrected chi connectivity index (χ1v) is 13.8. The van der Waals surface area contributed by atoms with E-state index in [-0.39, 0.29) is 17.8 Å². The zero-order chi connectivity index (χ0) is 28.2. The lowest BCUT2D eigenvalue weighted by atomic mass is 9.85. The van der Waals surface area contributed by atoms with E-state index in [9.17, 15) is 23.1 Å². The molecule has 2 aliphatic rings. The summed E-state index contributed by atoms with van der Waals surface area (Å²) >= 11 is 0. The highest BCUT2D eigenvalue weighted by Gasteiger charge is 2.27. The molecule has 0 bridgehead atoms. The molecule has 1 saturated heterocycles. The second-order valence-corrected chi connectivity index (χ2v) is 10.7. The molecule has 0 amide bonds. The predicted molar refractivity (Wildman–Crippen MR) is 151 cm³/mol. The summed E-state index contributed by atoms with van der Waals surface area (Å²) in [6.45, 7) is 2.48. The molecule has 1 aliphatic heterocycles. The van der Waals surface area contributed by atoms with Gasteiger partial charge >= 0.3 is 5.97 Å². The summed E-state index contributed by atoms with van der Waals surface area (Å²) < 4.78 is 46.3. The fraction of sp³-hybridized carbons (Fsp3) is 0.364. The maximum absolute atomic E-state index is 14.3. The fourth-order valence-electron chi connectivity index (χ4n) is 6.06. The van der Waals surface area contributed by atoms with E-state index >= 15 is 0 Å². The first-order chi connectivity index (χ1) is 19.4. The summed E-state index contributed by atoms with van der Waals surface area (Å²) in [6, 6.07) is 18.3. The van der Waals surface area contributed by atoms with E-state index in [1.807, 2.05) is 6.07 Å². The number of hydrogen-bond donors (Lipinski definition) is 1. The molecule has 3 aromatic rings. The van der Waals surface area contributed by atoms with Crippen molar-refractivity contribution >= 4 is 17.1 Å². The Hall–Kier alpha value is -3.58. The first-order valence-electron chi connectivity index (χ1n) is 13.8. The summed E-state index contributed by atoms with van der Waals surface area (Å²) in [5.41, 5.74) is 6.24. The molecule has 0 atom stereocenters. The number of halogens is 3. The molecule has 5 rings (SSSR count). The molecule has 1 N–H and O–H groups in total. The number of carbonyl (C=O) groups is 1. The van der Waals surface area contributed by atoms with Gasteiger partial charge in [0.25, 0.3) is 6.43 Å². The van der Waals surface area contributed by atoms with E-state index in [2.05, 4.69) is 29.2 Å². The first kappa shape index (κ1) is 28.0. The highest BCUT2D eigenvalue weighted by molar-refractivity contribution is 6.01. The Morgan fingerprint density at radius 3 is 2.45 bits per heavy atom. The van der Waals surface area contributed by atoms with Crippen LogP contribution in [0.15, 0.2) is 60.7 Å². The van der Waals surface area contributed by atoms with Gasteiger partial charge in [0.05, 0.1) is 19.3 Å². The van der Waals surface area contributed by atoms with Crippen molar-refractivity contribution < 1.29 is 27.8 Å². The van der Waals surface area contributed by atoms with Crippen LogP contribution < -0.4 is 4.74 Å². The van der Waals surface area contributed by atoms with Gasteiger partial charge in [-0.2, -0.15) is 0 Å². The Morgan fingerprint density at radius 1 is 1.02 bits per heavy atom. The molecule has 1 heterocycles. The van der Waals surface area contributed by atoms with Crippen molar-refractivity contribution in [1.82, 2.24) is 4.90 Å². The number of allylic oxidation sites excluding steroid dienone is 1. The molecule has 40 heavy (non-hydrogen) atoms. The van der Waals surface area contributed by atoms with E-state index in [1.54, 1.807) is 24.3 Å². The van der Waals surface area contributed by atoms with Gasteiger partial charge in [-0.25, -0.2) is 13.6 Å². The van der Waals surface area contributed by atoms with Gasteiger partial charge in [-0.1, -0.05) is 36.4 Å². The highest BCUT2D eigenvalue weighted by Crippen LogP contribution is 2.43. The lowest BCUT2D eigenvalue weighted by Crippen LogP contribution is -2.47. The molecule has 7 heteroatoms. The number of benzene rings is 3. The SMILES string of the molecule is COc1ccc(C2=C(c3ccc(CC4CN(CCCF)C4)cc3)c3ccc(C(=O)O)cc3CCC2)c(C(F)F)c1. The Labute approximate surface area is 233 Å². The van der Waals surface area contributed by atoms with Gasteiger partial charge in [0.1, 0.15) is 5.75 Å². The van der Waals surface area contributed by atoms with Crippen LogP contribution in [0, 0.1) is 5.92 Å². The molecule has 1 aliphatic carbocycles. The zero-order valence-corrected chi connectivity index (χ0v) is 22.6. The largest absolute Gasteiger partial charge is 0.497 e. The Bertz CT molecular complexity index is 1390. The number of fused-ring (bicyclic) bond motifs is 1. The number of carboxylic acid groups (broad SMARTS) is 1. The second-order valence-electron chi connectivity index (χ2n) is 10.7. The quantitative estimate of drug-likeness (QED) is 0.285. The Kier molecular flexibility index (Phi) is 8.60. The van der Waals surface area contributed by atoms with Gasteiger partial charge in [0, 0.05) is 25.2 Å². The third-order valence-electron chi connectivity index (χ3n) is 8.02. The van der Waals surface area contributed by atoms with E-state index in [4.69, 9.17) is 4.74 Å². The number of rotatable bonds is 10. The van der Waals surface area contributed by atoms with Crippen molar-refractivity contribution in [3.63, 3.8) is 0 Å². The molecular weight excluding hydrogens is 515 g/mol.